The van der Waals surface area contributed by atoms with E-state index in [1.54, 1.807) is 0 Å². The fourth-order valence-electron chi connectivity index (χ4n) is 4.98. The van der Waals surface area contributed by atoms with Crippen molar-refractivity contribution in [2.45, 2.75) is 40.0 Å². The first-order valence-corrected chi connectivity index (χ1v) is 12.7. The predicted octanol–water partition coefficient (Wildman–Crippen LogP) is 7.02. The van der Waals surface area contributed by atoms with Gasteiger partial charge in [-0.2, -0.15) is 0 Å². The molecule has 5 heteroatoms. The van der Waals surface area contributed by atoms with E-state index in [2.05, 4.69) is 50.2 Å². The van der Waals surface area contributed by atoms with Crippen LogP contribution in [0.1, 0.15) is 39.8 Å². The topological polar surface area (TPSA) is 83.8 Å². The maximum absolute atomic E-state index is 11.1. The summed E-state index contributed by atoms with van der Waals surface area (Å²) in [6.07, 6.45) is 1.37. The number of carboxylic acid groups (broad SMARTS) is 2. The van der Waals surface area contributed by atoms with Crippen LogP contribution in [0.5, 0.6) is 5.75 Å². The zero-order valence-electron chi connectivity index (χ0n) is 22.0. The van der Waals surface area contributed by atoms with Gasteiger partial charge in [0.25, 0.3) is 0 Å². The Kier molecular flexibility index (Phi) is 8.27. The van der Waals surface area contributed by atoms with Crippen molar-refractivity contribution in [2.24, 2.45) is 0 Å². The molecule has 0 saturated heterocycles. The van der Waals surface area contributed by atoms with Crippen LogP contribution in [0.4, 0.5) is 0 Å². The van der Waals surface area contributed by atoms with Crippen molar-refractivity contribution in [2.75, 3.05) is 6.61 Å². The molecular weight excluding hydrogens is 476 g/mol. The van der Waals surface area contributed by atoms with Gasteiger partial charge in [0.05, 0.1) is 0 Å². The zero-order chi connectivity index (χ0) is 27.2. The number of aliphatic carboxylic acids is 2. The summed E-state index contributed by atoms with van der Waals surface area (Å²) < 4.78 is 5.40. The number of ether oxygens (including phenoxy) is 1. The van der Waals surface area contributed by atoms with E-state index in [0.29, 0.717) is 12.2 Å². The van der Waals surface area contributed by atoms with Crippen LogP contribution in [0.2, 0.25) is 0 Å². The van der Waals surface area contributed by atoms with E-state index in [-0.39, 0.29) is 13.0 Å². The molecule has 0 heterocycles. The molecule has 0 aliphatic heterocycles. The van der Waals surface area contributed by atoms with Gasteiger partial charge >= 0.3 is 11.9 Å². The Hall–Kier alpha value is -4.38. The predicted molar refractivity (Wildman–Crippen MR) is 150 cm³/mol. The third-order valence-electron chi connectivity index (χ3n) is 6.69. The van der Waals surface area contributed by atoms with Crippen molar-refractivity contribution in [1.82, 2.24) is 0 Å². The Morgan fingerprint density at radius 3 is 2.03 bits per heavy atom. The van der Waals surface area contributed by atoms with Gasteiger partial charge in [-0.1, -0.05) is 66.7 Å². The summed E-state index contributed by atoms with van der Waals surface area (Å²) in [7, 11) is 0. The summed E-state index contributed by atoms with van der Waals surface area (Å²) >= 11 is 0. The first kappa shape index (κ1) is 26.7. The van der Waals surface area contributed by atoms with Gasteiger partial charge in [0.1, 0.15) is 5.75 Å². The van der Waals surface area contributed by atoms with Crippen molar-refractivity contribution in [3.63, 3.8) is 0 Å². The fraction of sp³-hybridized carbons (Fsp3) is 0.212. The molecule has 5 nitrogen and oxygen atoms in total. The molecule has 0 atom stereocenters. The van der Waals surface area contributed by atoms with Crippen molar-refractivity contribution < 1.29 is 24.5 Å². The van der Waals surface area contributed by atoms with Crippen LogP contribution in [0, 0.1) is 20.8 Å². The van der Waals surface area contributed by atoms with Crippen LogP contribution in [-0.2, 0) is 22.4 Å². The Morgan fingerprint density at radius 2 is 1.39 bits per heavy atom. The van der Waals surface area contributed by atoms with Crippen LogP contribution in [-0.4, -0.2) is 28.8 Å². The lowest BCUT2D eigenvalue weighted by molar-refractivity contribution is -0.139. The highest BCUT2D eigenvalue weighted by Crippen LogP contribution is 2.36. The molecule has 194 valence electrons. The van der Waals surface area contributed by atoms with Crippen molar-refractivity contribution in [1.29, 1.82) is 0 Å². The molecule has 4 aromatic rings. The lowest BCUT2D eigenvalue weighted by atomic mass is 9.87. The van der Waals surface area contributed by atoms with Gasteiger partial charge in [-0.25, -0.2) is 4.79 Å². The second-order valence-electron chi connectivity index (χ2n) is 9.70. The summed E-state index contributed by atoms with van der Waals surface area (Å²) in [4.78, 5) is 22.0. The number of rotatable bonds is 10. The normalized spacial score (nSPS) is 10.8. The minimum atomic E-state index is -1.00. The Morgan fingerprint density at radius 1 is 0.711 bits per heavy atom. The molecule has 0 spiro atoms. The molecule has 4 aromatic carbocycles. The van der Waals surface area contributed by atoms with Gasteiger partial charge in [0.2, 0.25) is 0 Å². The molecule has 0 radical (unpaired) electrons. The number of hydrogen-bond acceptors (Lipinski definition) is 3. The largest absolute Gasteiger partial charge is 0.482 e. The van der Waals surface area contributed by atoms with Crippen molar-refractivity contribution in [3.05, 3.63) is 112 Å². The molecule has 0 aliphatic carbocycles. The average molecular weight is 509 g/mol. The number of hydrogen-bond donors (Lipinski definition) is 2. The van der Waals surface area contributed by atoms with Gasteiger partial charge in [-0.05, 0) is 101 Å². The van der Waals surface area contributed by atoms with Crippen molar-refractivity contribution >= 4 is 11.9 Å². The number of benzene rings is 4. The molecule has 38 heavy (non-hydrogen) atoms. The minimum Gasteiger partial charge on any atom is -0.482 e. The lowest BCUT2D eigenvalue weighted by Crippen LogP contribution is -2.10. The summed E-state index contributed by atoms with van der Waals surface area (Å²) in [5.41, 5.74) is 11.0. The monoisotopic (exact) mass is 508 g/mol. The Labute approximate surface area is 223 Å². The number of carbonyl (C=O) groups is 2. The lowest BCUT2D eigenvalue weighted by Gasteiger charge is -2.18. The van der Waals surface area contributed by atoms with Gasteiger partial charge in [0.15, 0.2) is 6.61 Å². The first-order chi connectivity index (χ1) is 18.2. The smallest absolute Gasteiger partial charge is 0.341 e. The standard InChI is InChI=1S/C33H32O5/c1-21-15-26(11-13-30(21)38-20-32(36)37)33-22(2)16-27(17-23(33)3)29-12-9-25(10-14-31(34)35)19-28(29)18-24-7-5-4-6-8-24/h4-9,11-13,15-17,19H,10,14,18,20H2,1-3H3,(H,34,35)(H,36,37). The van der Waals surface area contributed by atoms with Crippen LogP contribution < -0.4 is 4.74 Å². The van der Waals surface area contributed by atoms with E-state index >= 15 is 0 Å². The SMILES string of the molecule is Cc1cc(-c2c(C)cc(-c3ccc(CCC(=O)O)cc3Cc3ccccc3)cc2C)ccc1OCC(=O)O. The van der Waals surface area contributed by atoms with Gasteiger partial charge in [0, 0.05) is 6.42 Å². The molecule has 4 rings (SSSR count). The highest BCUT2D eigenvalue weighted by atomic mass is 16.5. The Balaban J connectivity index is 1.71. The molecule has 0 amide bonds. The van der Waals surface area contributed by atoms with E-state index in [0.717, 1.165) is 50.9 Å². The van der Waals surface area contributed by atoms with E-state index in [1.165, 1.54) is 11.1 Å². The molecule has 2 N–H and O–H groups in total. The Bertz CT molecular complexity index is 1450. The zero-order valence-corrected chi connectivity index (χ0v) is 22.0. The van der Waals surface area contributed by atoms with E-state index in [9.17, 15) is 9.59 Å². The summed E-state index contributed by atoms with van der Waals surface area (Å²) in [6, 6.07) is 26.8. The highest BCUT2D eigenvalue weighted by Gasteiger charge is 2.14. The summed E-state index contributed by atoms with van der Waals surface area (Å²) in [5.74, 6) is -1.23. The van der Waals surface area contributed by atoms with Gasteiger partial charge in [-0.3, -0.25) is 4.79 Å². The molecule has 0 aromatic heterocycles. The molecule has 0 bridgehead atoms. The third kappa shape index (κ3) is 6.48. The van der Waals surface area contributed by atoms with Crippen LogP contribution in [0.3, 0.4) is 0 Å². The maximum atomic E-state index is 11.1. The second-order valence-corrected chi connectivity index (χ2v) is 9.70. The second kappa shape index (κ2) is 11.8. The van der Waals surface area contributed by atoms with Gasteiger partial charge < -0.3 is 14.9 Å². The van der Waals surface area contributed by atoms with E-state index in [4.69, 9.17) is 14.9 Å². The first-order valence-electron chi connectivity index (χ1n) is 12.7. The van der Waals surface area contributed by atoms with E-state index in [1.807, 2.05) is 49.4 Å². The van der Waals surface area contributed by atoms with Crippen molar-refractivity contribution in [3.8, 4) is 28.0 Å². The molecule has 0 saturated carbocycles. The molecule has 0 aliphatic rings. The van der Waals surface area contributed by atoms with Crippen LogP contribution >= 0.6 is 0 Å². The fourth-order valence-corrected chi connectivity index (χ4v) is 4.98. The van der Waals surface area contributed by atoms with Gasteiger partial charge in [-0.15, -0.1) is 0 Å². The van der Waals surface area contributed by atoms with Crippen LogP contribution in [0.15, 0.2) is 78.9 Å². The highest BCUT2D eigenvalue weighted by molar-refractivity contribution is 5.79. The quantitative estimate of drug-likeness (QED) is 0.241. The maximum Gasteiger partial charge on any atom is 0.341 e. The molecular formula is C33H32O5. The molecule has 0 fully saturated rings. The minimum absolute atomic E-state index is 0.108. The summed E-state index contributed by atoms with van der Waals surface area (Å²) in [5, 5.41) is 18.1. The van der Waals surface area contributed by atoms with Crippen LogP contribution in [0.25, 0.3) is 22.3 Å². The number of aryl methyl sites for hydroxylation is 4. The van der Waals surface area contributed by atoms with E-state index < -0.39 is 11.9 Å². The number of carboxylic acids is 2. The average Bonchev–Trinajstić information content (AvgIpc) is 2.87. The third-order valence-corrected chi connectivity index (χ3v) is 6.69. The summed E-state index contributed by atoms with van der Waals surface area (Å²) in [6.45, 7) is 5.76. The molecule has 0 unspecified atom stereocenters.